The van der Waals surface area contributed by atoms with E-state index in [0.29, 0.717) is 0 Å². The molecule has 1 aromatic rings. The molecule has 0 atom stereocenters. The summed E-state index contributed by atoms with van der Waals surface area (Å²) >= 11 is 0. The molecule has 12 heavy (non-hydrogen) atoms. The fourth-order valence-electron chi connectivity index (χ4n) is 1.76. The molecular weight excluding hydrogens is 150 g/mol. The molecule has 0 saturated carbocycles. The molecule has 0 bridgehead atoms. The third-order valence-electron chi connectivity index (χ3n) is 2.38. The molecule has 3 heteroatoms. The molecule has 0 amide bonds. The van der Waals surface area contributed by atoms with E-state index in [2.05, 4.69) is 22.4 Å². The first-order valence-corrected chi connectivity index (χ1v) is 4.67. The van der Waals surface area contributed by atoms with Gasteiger partial charge >= 0.3 is 0 Å². The largest absolute Gasteiger partial charge is 0.311 e. The molecule has 0 aromatic carbocycles. The Hall–Kier alpha value is -0.830. The molecule has 1 aromatic heterocycles. The SMILES string of the molecule is CCCc1n[nH]c2c1CCNC2. The van der Waals surface area contributed by atoms with Gasteiger partial charge in [0.25, 0.3) is 0 Å². The van der Waals surface area contributed by atoms with Crippen LogP contribution < -0.4 is 5.32 Å². The molecule has 0 spiro atoms. The average Bonchev–Trinajstić information content (AvgIpc) is 2.50. The van der Waals surface area contributed by atoms with E-state index in [-0.39, 0.29) is 0 Å². The van der Waals surface area contributed by atoms with Crippen LogP contribution in [0.4, 0.5) is 0 Å². The Balaban J connectivity index is 2.25. The van der Waals surface area contributed by atoms with Crippen molar-refractivity contribution in [1.29, 1.82) is 0 Å². The highest BCUT2D eigenvalue weighted by atomic mass is 15.1. The van der Waals surface area contributed by atoms with Crippen molar-refractivity contribution in [1.82, 2.24) is 15.5 Å². The first-order valence-electron chi connectivity index (χ1n) is 4.67. The lowest BCUT2D eigenvalue weighted by atomic mass is 10.0. The maximum absolute atomic E-state index is 4.32. The van der Waals surface area contributed by atoms with Crippen LogP contribution in [0.2, 0.25) is 0 Å². The molecule has 0 aliphatic carbocycles. The van der Waals surface area contributed by atoms with E-state index < -0.39 is 0 Å². The summed E-state index contributed by atoms with van der Waals surface area (Å²) in [4.78, 5) is 0. The highest BCUT2D eigenvalue weighted by Gasteiger charge is 2.14. The quantitative estimate of drug-likeness (QED) is 0.686. The topological polar surface area (TPSA) is 40.7 Å². The first-order chi connectivity index (χ1) is 5.92. The zero-order valence-electron chi connectivity index (χ0n) is 7.48. The molecule has 0 fully saturated rings. The van der Waals surface area contributed by atoms with Gasteiger partial charge in [-0.2, -0.15) is 5.10 Å². The van der Waals surface area contributed by atoms with E-state index in [9.17, 15) is 0 Å². The van der Waals surface area contributed by atoms with Crippen LogP contribution in [0.3, 0.4) is 0 Å². The maximum Gasteiger partial charge on any atom is 0.0657 e. The molecule has 1 aliphatic heterocycles. The van der Waals surface area contributed by atoms with Crippen molar-refractivity contribution in [3.8, 4) is 0 Å². The van der Waals surface area contributed by atoms with Crippen LogP contribution in [0.15, 0.2) is 0 Å². The van der Waals surface area contributed by atoms with Crippen LogP contribution in [0, 0.1) is 0 Å². The zero-order chi connectivity index (χ0) is 8.39. The van der Waals surface area contributed by atoms with Crippen LogP contribution in [0.5, 0.6) is 0 Å². The molecule has 0 saturated heterocycles. The normalized spacial score (nSPS) is 16.1. The maximum atomic E-state index is 4.32. The summed E-state index contributed by atoms with van der Waals surface area (Å²) in [7, 11) is 0. The molecule has 2 N–H and O–H groups in total. The average molecular weight is 165 g/mol. The number of H-pyrrole nitrogens is 1. The zero-order valence-corrected chi connectivity index (χ0v) is 7.48. The number of nitrogens with zero attached hydrogens (tertiary/aromatic N) is 1. The predicted molar refractivity (Wildman–Crippen MR) is 48.0 cm³/mol. The highest BCUT2D eigenvalue weighted by Crippen LogP contribution is 2.16. The van der Waals surface area contributed by atoms with Gasteiger partial charge < -0.3 is 5.32 Å². The highest BCUT2D eigenvalue weighted by molar-refractivity contribution is 5.27. The molecule has 3 nitrogen and oxygen atoms in total. The van der Waals surface area contributed by atoms with Gasteiger partial charge in [-0.25, -0.2) is 0 Å². The lowest BCUT2D eigenvalue weighted by molar-refractivity contribution is 0.630. The fourth-order valence-corrected chi connectivity index (χ4v) is 1.76. The van der Waals surface area contributed by atoms with Crippen molar-refractivity contribution in [3.05, 3.63) is 17.0 Å². The minimum absolute atomic E-state index is 0.964. The van der Waals surface area contributed by atoms with Crippen LogP contribution >= 0.6 is 0 Å². The Bertz CT molecular complexity index is 265. The number of hydrogen-bond donors (Lipinski definition) is 2. The summed E-state index contributed by atoms with van der Waals surface area (Å²) in [6.45, 7) is 4.26. The number of aryl methyl sites for hydroxylation is 1. The van der Waals surface area contributed by atoms with Crippen molar-refractivity contribution in [2.45, 2.75) is 32.7 Å². The van der Waals surface area contributed by atoms with E-state index in [1.54, 1.807) is 0 Å². The van der Waals surface area contributed by atoms with Gasteiger partial charge in [-0.05, 0) is 24.9 Å². The van der Waals surface area contributed by atoms with Gasteiger partial charge in [0, 0.05) is 6.54 Å². The third kappa shape index (κ3) is 1.25. The number of hydrogen-bond acceptors (Lipinski definition) is 2. The summed E-state index contributed by atoms with van der Waals surface area (Å²) in [5.74, 6) is 0. The number of nitrogens with one attached hydrogen (secondary N) is 2. The predicted octanol–water partition coefficient (Wildman–Crippen LogP) is 1.01. The summed E-state index contributed by atoms with van der Waals surface area (Å²) in [6, 6.07) is 0. The van der Waals surface area contributed by atoms with E-state index in [0.717, 1.165) is 25.9 Å². The van der Waals surface area contributed by atoms with Crippen molar-refractivity contribution in [2.24, 2.45) is 0 Å². The van der Waals surface area contributed by atoms with E-state index in [4.69, 9.17) is 0 Å². The van der Waals surface area contributed by atoms with Crippen molar-refractivity contribution >= 4 is 0 Å². The summed E-state index contributed by atoms with van der Waals surface area (Å²) in [6.07, 6.45) is 3.44. The lowest BCUT2D eigenvalue weighted by Gasteiger charge is -2.12. The Morgan fingerprint density at radius 2 is 2.42 bits per heavy atom. The van der Waals surface area contributed by atoms with Crippen LogP contribution in [0.25, 0.3) is 0 Å². The minimum Gasteiger partial charge on any atom is -0.311 e. The monoisotopic (exact) mass is 165 g/mol. The van der Waals surface area contributed by atoms with Gasteiger partial charge in [-0.3, -0.25) is 5.10 Å². The Kier molecular flexibility index (Phi) is 2.13. The van der Waals surface area contributed by atoms with E-state index in [1.165, 1.54) is 23.4 Å². The summed E-state index contributed by atoms with van der Waals surface area (Å²) in [5.41, 5.74) is 4.05. The second-order valence-electron chi connectivity index (χ2n) is 3.30. The van der Waals surface area contributed by atoms with Crippen LogP contribution in [-0.4, -0.2) is 16.7 Å². The Labute approximate surface area is 72.6 Å². The van der Waals surface area contributed by atoms with Gasteiger partial charge in [0.05, 0.1) is 11.4 Å². The van der Waals surface area contributed by atoms with Crippen molar-refractivity contribution < 1.29 is 0 Å². The molecule has 0 radical (unpaired) electrons. The lowest BCUT2D eigenvalue weighted by Crippen LogP contribution is -2.23. The van der Waals surface area contributed by atoms with Gasteiger partial charge in [0.15, 0.2) is 0 Å². The second-order valence-corrected chi connectivity index (χ2v) is 3.30. The summed E-state index contributed by atoms with van der Waals surface area (Å²) < 4.78 is 0. The third-order valence-corrected chi connectivity index (χ3v) is 2.38. The first kappa shape index (κ1) is 7.80. The second kappa shape index (κ2) is 3.27. The molecule has 66 valence electrons. The molecular formula is C9H15N3. The Morgan fingerprint density at radius 1 is 1.50 bits per heavy atom. The van der Waals surface area contributed by atoms with Crippen LogP contribution in [-0.2, 0) is 19.4 Å². The van der Waals surface area contributed by atoms with Crippen molar-refractivity contribution in [2.75, 3.05) is 6.54 Å². The van der Waals surface area contributed by atoms with Gasteiger partial charge in [-0.1, -0.05) is 13.3 Å². The number of aromatic amines is 1. The smallest absolute Gasteiger partial charge is 0.0657 e. The van der Waals surface area contributed by atoms with Gasteiger partial charge in [0.1, 0.15) is 0 Å². The van der Waals surface area contributed by atoms with Crippen molar-refractivity contribution in [3.63, 3.8) is 0 Å². The van der Waals surface area contributed by atoms with Gasteiger partial charge in [0.2, 0.25) is 0 Å². The fraction of sp³-hybridized carbons (Fsp3) is 0.667. The standard InChI is InChI=1S/C9H15N3/c1-2-3-8-7-4-5-10-6-9(7)12-11-8/h10H,2-6H2,1H3,(H,11,12). The van der Waals surface area contributed by atoms with E-state index in [1.807, 2.05) is 0 Å². The molecule has 2 rings (SSSR count). The molecule has 1 aliphatic rings. The minimum atomic E-state index is 0.964. The molecule has 0 unspecified atom stereocenters. The Morgan fingerprint density at radius 3 is 3.25 bits per heavy atom. The summed E-state index contributed by atoms with van der Waals surface area (Å²) in [5, 5.41) is 10.7. The van der Waals surface area contributed by atoms with Crippen LogP contribution in [0.1, 0.15) is 30.3 Å². The number of rotatable bonds is 2. The molecule has 2 heterocycles. The van der Waals surface area contributed by atoms with E-state index >= 15 is 0 Å². The number of fused-ring (bicyclic) bond motifs is 1. The van der Waals surface area contributed by atoms with Gasteiger partial charge in [-0.15, -0.1) is 0 Å². The number of aromatic nitrogens is 2.